The van der Waals surface area contributed by atoms with Crippen LogP contribution in [0.5, 0.6) is 0 Å². The highest BCUT2D eigenvalue weighted by Crippen LogP contribution is 2.31. The first-order chi connectivity index (χ1) is 8.60. The molecule has 1 aliphatic heterocycles. The Kier molecular flexibility index (Phi) is 2.48. The summed E-state index contributed by atoms with van der Waals surface area (Å²) in [5.41, 5.74) is 7.02. The fraction of sp³-hybridized carbons (Fsp3) is 0.583. The number of carboxylic acid groups (broad SMARTS) is 1. The molecule has 1 aromatic heterocycles. The molecule has 1 fully saturated rings. The highest BCUT2D eigenvalue weighted by atomic mass is 16.4. The number of aliphatic carboxylic acids is 1. The van der Waals surface area contributed by atoms with E-state index in [1.54, 1.807) is 6.33 Å². The first kappa shape index (κ1) is 11.4. The van der Waals surface area contributed by atoms with Crippen LogP contribution in [0.3, 0.4) is 0 Å². The molecule has 0 amide bonds. The molecule has 96 valence electrons. The molecule has 6 heteroatoms. The minimum atomic E-state index is -1.14. The number of aromatic nitrogens is 2. The number of carboxylic acids is 1. The fourth-order valence-electron chi connectivity index (χ4n) is 2.80. The molecule has 2 aliphatic rings. The number of hydrogen-bond donors (Lipinski definition) is 2. The van der Waals surface area contributed by atoms with Crippen LogP contribution < -0.4 is 10.6 Å². The van der Waals surface area contributed by atoms with Crippen LogP contribution in [0.2, 0.25) is 0 Å². The summed E-state index contributed by atoms with van der Waals surface area (Å²) in [7, 11) is 0. The maximum atomic E-state index is 11.1. The van der Waals surface area contributed by atoms with Crippen LogP contribution in [-0.2, 0) is 17.6 Å². The molecule has 3 N–H and O–H groups in total. The van der Waals surface area contributed by atoms with E-state index in [0.29, 0.717) is 19.5 Å². The number of anilines is 1. The zero-order valence-electron chi connectivity index (χ0n) is 10.1. The minimum Gasteiger partial charge on any atom is -0.480 e. The van der Waals surface area contributed by atoms with Gasteiger partial charge in [0.15, 0.2) is 0 Å². The average Bonchev–Trinajstić information content (AvgIpc) is 2.95. The van der Waals surface area contributed by atoms with Gasteiger partial charge < -0.3 is 15.7 Å². The van der Waals surface area contributed by atoms with Gasteiger partial charge in [-0.15, -0.1) is 0 Å². The van der Waals surface area contributed by atoms with Crippen LogP contribution in [0.1, 0.15) is 24.1 Å². The third-order valence-electron chi connectivity index (χ3n) is 3.88. The normalized spacial score (nSPS) is 26.4. The van der Waals surface area contributed by atoms with E-state index in [1.807, 2.05) is 4.90 Å². The Morgan fingerprint density at radius 2 is 2.28 bits per heavy atom. The van der Waals surface area contributed by atoms with Gasteiger partial charge in [0, 0.05) is 24.3 Å². The second-order valence-corrected chi connectivity index (χ2v) is 5.11. The van der Waals surface area contributed by atoms with Crippen molar-refractivity contribution in [1.29, 1.82) is 0 Å². The molecule has 18 heavy (non-hydrogen) atoms. The lowest BCUT2D eigenvalue weighted by Crippen LogP contribution is -2.50. The zero-order valence-corrected chi connectivity index (χ0v) is 10.1. The number of carbonyl (C=O) groups is 1. The van der Waals surface area contributed by atoms with E-state index in [2.05, 4.69) is 9.97 Å². The first-order valence-electron chi connectivity index (χ1n) is 6.20. The smallest absolute Gasteiger partial charge is 0.325 e. The maximum absolute atomic E-state index is 11.1. The Balaban J connectivity index is 1.90. The summed E-state index contributed by atoms with van der Waals surface area (Å²) in [6, 6.07) is 0. The molecule has 3 rings (SSSR count). The SMILES string of the molecule is NC1(C(=O)O)CCN(c2ncnc3c2CCC3)C1. The molecule has 0 bridgehead atoms. The van der Waals surface area contributed by atoms with Crippen molar-refractivity contribution in [2.75, 3.05) is 18.0 Å². The van der Waals surface area contributed by atoms with Gasteiger partial charge in [0.1, 0.15) is 17.7 Å². The van der Waals surface area contributed by atoms with Crippen LogP contribution in [0.25, 0.3) is 0 Å². The minimum absolute atomic E-state index is 0.325. The van der Waals surface area contributed by atoms with E-state index >= 15 is 0 Å². The molecule has 1 aliphatic carbocycles. The number of fused-ring (bicyclic) bond motifs is 1. The molecule has 1 saturated heterocycles. The lowest BCUT2D eigenvalue weighted by molar-refractivity contribution is -0.142. The van der Waals surface area contributed by atoms with E-state index in [9.17, 15) is 4.79 Å². The third kappa shape index (κ3) is 1.64. The number of hydrogen-bond acceptors (Lipinski definition) is 5. The van der Waals surface area contributed by atoms with Crippen LogP contribution in [0.4, 0.5) is 5.82 Å². The van der Waals surface area contributed by atoms with Crippen molar-refractivity contribution in [1.82, 2.24) is 9.97 Å². The molecule has 6 nitrogen and oxygen atoms in total. The molecular weight excluding hydrogens is 232 g/mol. The summed E-state index contributed by atoms with van der Waals surface area (Å²) in [5.74, 6) is -0.0539. The van der Waals surface area contributed by atoms with Crippen molar-refractivity contribution < 1.29 is 9.90 Å². The van der Waals surface area contributed by atoms with E-state index in [-0.39, 0.29) is 0 Å². The number of nitrogens with two attached hydrogens (primary N) is 1. The molecule has 0 radical (unpaired) electrons. The van der Waals surface area contributed by atoms with Gasteiger partial charge in [-0.05, 0) is 25.7 Å². The Labute approximate surface area is 105 Å². The summed E-state index contributed by atoms with van der Waals surface area (Å²) in [5, 5.41) is 9.15. The molecular formula is C12H16N4O2. The van der Waals surface area contributed by atoms with E-state index < -0.39 is 11.5 Å². The average molecular weight is 248 g/mol. The predicted molar refractivity (Wildman–Crippen MR) is 65.4 cm³/mol. The van der Waals surface area contributed by atoms with E-state index in [0.717, 1.165) is 30.8 Å². The second-order valence-electron chi connectivity index (χ2n) is 5.11. The van der Waals surface area contributed by atoms with Gasteiger partial charge in [-0.3, -0.25) is 4.79 Å². The monoisotopic (exact) mass is 248 g/mol. The zero-order chi connectivity index (χ0) is 12.8. The predicted octanol–water partition coefficient (Wildman–Crippen LogP) is -0.0425. The topological polar surface area (TPSA) is 92.3 Å². The van der Waals surface area contributed by atoms with Crippen LogP contribution in [-0.4, -0.2) is 39.7 Å². The highest BCUT2D eigenvalue weighted by molar-refractivity contribution is 5.80. The Morgan fingerprint density at radius 1 is 1.44 bits per heavy atom. The Morgan fingerprint density at radius 3 is 3.00 bits per heavy atom. The quantitative estimate of drug-likeness (QED) is 0.762. The van der Waals surface area contributed by atoms with Gasteiger partial charge >= 0.3 is 5.97 Å². The molecule has 1 aromatic rings. The molecule has 1 unspecified atom stereocenters. The van der Waals surface area contributed by atoms with Gasteiger partial charge in [-0.2, -0.15) is 0 Å². The van der Waals surface area contributed by atoms with Crippen molar-refractivity contribution in [2.24, 2.45) is 5.73 Å². The summed E-state index contributed by atoms with van der Waals surface area (Å²) in [4.78, 5) is 21.7. The first-order valence-corrected chi connectivity index (χ1v) is 6.20. The van der Waals surface area contributed by atoms with Gasteiger partial charge in [0.2, 0.25) is 0 Å². The van der Waals surface area contributed by atoms with Crippen LogP contribution >= 0.6 is 0 Å². The van der Waals surface area contributed by atoms with E-state index in [4.69, 9.17) is 10.8 Å². The molecule has 1 atom stereocenters. The summed E-state index contributed by atoms with van der Waals surface area (Å²) in [6.07, 6.45) is 5.09. The summed E-state index contributed by atoms with van der Waals surface area (Å²) in [6.45, 7) is 0.970. The number of aryl methyl sites for hydroxylation is 1. The lowest BCUT2D eigenvalue weighted by atomic mass is 10.0. The Bertz CT molecular complexity index is 505. The van der Waals surface area contributed by atoms with Crippen molar-refractivity contribution in [3.05, 3.63) is 17.6 Å². The standard InChI is InChI=1S/C12H16N4O2/c13-12(11(17)18)4-5-16(6-12)10-8-2-1-3-9(8)14-7-15-10/h7H,1-6,13H2,(H,17,18). The molecule has 0 saturated carbocycles. The largest absolute Gasteiger partial charge is 0.480 e. The van der Waals surface area contributed by atoms with Crippen LogP contribution in [0, 0.1) is 0 Å². The van der Waals surface area contributed by atoms with Gasteiger partial charge in [0.25, 0.3) is 0 Å². The maximum Gasteiger partial charge on any atom is 0.325 e. The number of rotatable bonds is 2. The lowest BCUT2D eigenvalue weighted by Gasteiger charge is -2.22. The summed E-state index contributed by atoms with van der Waals surface area (Å²) >= 11 is 0. The van der Waals surface area contributed by atoms with Crippen molar-refractivity contribution in [3.8, 4) is 0 Å². The summed E-state index contributed by atoms with van der Waals surface area (Å²) < 4.78 is 0. The van der Waals surface area contributed by atoms with Gasteiger partial charge in [-0.1, -0.05) is 0 Å². The van der Waals surface area contributed by atoms with Crippen molar-refractivity contribution in [3.63, 3.8) is 0 Å². The van der Waals surface area contributed by atoms with Crippen molar-refractivity contribution in [2.45, 2.75) is 31.2 Å². The fourth-order valence-corrected chi connectivity index (χ4v) is 2.80. The molecule has 0 aromatic carbocycles. The van der Waals surface area contributed by atoms with Crippen LogP contribution in [0.15, 0.2) is 6.33 Å². The number of nitrogens with zero attached hydrogens (tertiary/aromatic N) is 3. The molecule has 2 heterocycles. The van der Waals surface area contributed by atoms with E-state index in [1.165, 1.54) is 5.56 Å². The van der Waals surface area contributed by atoms with Crippen molar-refractivity contribution >= 4 is 11.8 Å². The second kappa shape index (κ2) is 3.91. The highest BCUT2D eigenvalue weighted by Gasteiger charge is 2.42. The van der Waals surface area contributed by atoms with Gasteiger partial charge in [-0.25, -0.2) is 9.97 Å². The Hall–Kier alpha value is -1.69. The molecule has 0 spiro atoms. The van der Waals surface area contributed by atoms with Gasteiger partial charge in [0.05, 0.1) is 0 Å². The third-order valence-corrected chi connectivity index (χ3v) is 3.88.